The predicted molar refractivity (Wildman–Crippen MR) is 90.6 cm³/mol. The second kappa shape index (κ2) is 7.55. The summed E-state index contributed by atoms with van der Waals surface area (Å²) in [6, 6.07) is 11.0. The molecule has 0 aliphatic rings. The van der Waals surface area contributed by atoms with Crippen molar-refractivity contribution in [3.63, 3.8) is 0 Å². The van der Waals surface area contributed by atoms with Crippen molar-refractivity contribution in [2.75, 3.05) is 5.32 Å². The number of anilines is 1. The van der Waals surface area contributed by atoms with Gasteiger partial charge in [0.1, 0.15) is 5.82 Å². The molecule has 2 N–H and O–H groups in total. The van der Waals surface area contributed by atoms with Crippen molar-refractivity contribution in [3.05, 3.63) is 59.9 Å². The lowest BCUT2D eigenvalue weighted by atomic mass is 10.2. The van der Waals surface area contributed by atoms with Crippen LogP contribution in [-0.4, -0.2) is 20.4 Å². The molecule has 0 saturated heterocycles. The minimum atomic E-state index is -3.84. The highest BCUT2D eigenvalue weighted by atomic mass is 32.2. The van der Waals surface area contributed by atoms with Gasteiger partial charge in [-0.05, 0) is 43.2 Å². The number of halogens is 1. The van der Waals surface area contributed by atoms with E-state index >= 15 is 0 Å². The maximum atomic E-state index is 13.5. The molecule has 7 heteroatoms. The Balaban J connectivity index is 2.08. The van der Waals surface area contributed by atoms with E-state index in [2.05, 4.69) is 10.0 Å². The molecule has 0 aromatic heterocycles. The van der Waals surface area contributed by atoms with E-state index in [1.807, 2.05) is 6.92 Å². The summed E-state index contributed by atoms with van der Waals surface area (Å²) in [7, 11) is -3.84. The zero-order valence-electron chi connectivity index (χ0n) is 13.4. The minimum absolute atomic E-state index is 0.000784. The third-order valence-electron chi connectivity index (χ3n) is 3.50. The number of aryl methyl sites for hydroxylation is 1. The van der Waals surface area contributed by atoms with E-state index in [-0.39, 0.29) is 10.6 Å². The molecule has 0 spiro atoms. The van der Waals surface area contributed by atoms with Crippen LogP contribution in [0.15, 0.2) is 53.4 Å². The first-order valence-corrected chi connectivity index (χ1v) is 8.98. The zero-order chi connectivity index (χ0) is 17.7. The van der Waals surface area contributed by atoms with Gasteiger partial charge < -0.3 is 5.32 Å². The van der Waals surface area contributed by atoms with Crippen LogP contribution in [0.1, 0.15) is 19.4 Å². The lowest BCUT2D eigenvalue weighted by Gasteiger charge is -2.15. The molecule has 1 unspecified atom stereocenters. The molecule has 1 atom stereocenters. The third-order valence-corrected chi connectivity index (χ3v) is 5.06. The Morgan fingerprint density at radius 3 is 2.33 bits per heavy atom. The summed E-state index contributed by atoms with van der Waals surface area (Å²) in [6.45, 7) is 3.37. The summed E-state index contributed by atoms with van der Waals surface area (Å²) in [5.41, 5.74) is 1.01. The van der Waals surface area contributed by atoms with Gasteiger partial charge >= 0.3 is 0 Å². The summed E-state index contributed by atoms with van der Waals surface area (Å²) in [6.07, 6.45) is 0.801. The first-order valence-electron chi connectivity index (χ1n) is 7.50. The van der Waals surface area contributed by atoms with Crippen molar-refractivity contribution in [1.82, 2.24) is 4.72 Å². The molecule has 2 aromatic carbocycles. The van der Waals surface area contributed by atoms with Crippen molar-refractivity contribution < 1.29 is 17.6 Å². The highest BCUT2D eigenvalue weighted by Crippen LogP contribution is 2.14. The number of nitrogens with one attached hydrogen (secondary N) is 2. The second-order valence-electron chi connectivity index (χ2n) is 5.31. The SMILES string of the molecule is CCc1ccc(S(=O)(=O)NC(C)C(=O)Nc2ccccc2F)cc1. The minimum Gasteiger partial charge on any atom is -0.322 e. The number of hydrogen-bond acceptors (Lipinski definition) is 3. The highest BCUT2D eigenvalue weighted by Gasteiger charge is 2.22. The maximum absolute atomic E-state index is 13.5. The molecular formula is C17H19FN2O3S. The first kappa shape index (κ1) is 18.1. The van der Waals surface area contributed by atoms with Gasteiger partial charge in [-0.25, -0.2) is 12.8 Å². The van der Waals surface area contributed by atoms with Crippen LogP contribution in [0.3, 0.4) is 0 Å². The maximum Gasteiger partial charge on any atom is 0.242 e. The standard InChI is InChI=1S/C17H19FN2O3S/c1-3-13-8-10-14(11-9-13)24(22,23)20-12(2)17(21)19-16-7-5-4-6-15(16)18/h4-12,20H,3H2,1-2H3,(H,19,21). The van der Waals surface area contributed by atoms with E-state index < -0.39 is 27.8 Å². The van der Waals surface area contributed by atoms with E-state index in [0.29, 0.717) is 0 Å². The zero-order valence-corrected chi connectivity index (χ0v) is 14.2. The van der Waals surface area contributed by atoms with Gasteiger partial charge in [-0.3, -0.25) is 4.79 Å². The molecule has 5 nitrogen and oxygen atoms in total. The largest absolute Gasteiger partial charge is 0.322 e. The van der Waals surface area contributed by atoms with Gasteiger partial charge in [-0.1, -0.05) is 31.2 Å². The van der Waals surface area contributed by atoms with E-state index in [1.54, 1.807) is 18.2 Å². The lowest BCUT2D eigenvalue weighted by Crippen LogP contribution is -2.41. The number of amides is 1. The van der Waals surface area contributed by atoms with Crippen LogP contribution in [0, 0.1) is 5.82 Å². The Labute approximate surface area is 141 Å². The second-order valence-corrected chi connectivity index (χ2v) is 7.02. The van der Waals surface area contributed by atoms with Gasteiger partial charge in [0.15, 0.2) is 0 Å². The summed E-state index contributed by atoms with van der Waals surface area (Å²) in [5.74, 6) is -1.23. The molecule has 0 aliphatic heterocycles. The van der Waals surface area contributed by atoms with Crippen LogP contribution >= 0.6 is 0 Å². The molecule has 0 fully saturated rings. The van der Waals surface area contributed by atoms with Gasteiger partial charge in [0.05, 0.1) is 16.6 Å². The normalized spacial score (nSPS) is 12.6. The van der Waals surface area contributed by atoms with Crippen LogP contribution in [0.25, 0.3) is 0 Å². The van der Waals surface area contributed by atoms with Gasteiger partial charge in [0.2, 0.25) is 15.9 Å². The lowest BCUT2D eigenvalue weighted by molar-refractivity contribution is -0.117. The molecule has 2 rings (SSSR count). The molecule has 2 aromatic rings. The first-order chi connectivity index (χ1) is 11.3. The van der Waals surface area contributed by atoms with Crippen molar-refractivity contribution >= 4 is 21.6 Å². The molecule has 0 radical (unpaired) electrons. The van der Waals surface area contributed by atoms with Gasteiger partial charge in [-0.2, -0.15) is 4.72 Å². The highest BCUT2D eigenvalue weighted by molar-refractivity contribution is 7.89. The number of sulfonamides is 1. The van der Waals surface area contributed by atoms with Crippen molar-refractivity contribution in [1.29, 1.82) is 0 Å². The van der Waals surface area contributed by atoms with Crippen molar-refractivity contribution in [2.45, 2.75) is 31.2 Å². The summed E-state index contributed by atoms with van der Waals surface area (Å²) < 4.78 is 40.4. The molecule has 0 aliphatic carbocycles. The quantitative estimate of drug-likeness (QED) is 0.841. The number of hydrogen-bond donors (Lipinski definition) is 2. The molecule has 128 valence electrons. The van der Waals surface area contributed by atoms with Gasteiger partial charge in [-0.15, -0.1) is 0 Å². The van der Waals surface area contributed by atoms with Crippen molar-refractivity contribution in [3.8, 4) is 0 Å². The number of para-hydroxylation sites is 1. The Hall–Kier alpha value is -2.25. The van der Waals surface area contributed by atoms with Gasteiger partial charge in [0, 0.05) is 0 Å². The fourth-order valence-corrected chi connectivity index (χ4v) is 3.27. The van der Waals surface area contributed by atoms with E-state index in [9.17, 15) is 17.6 Å². The van der Waals surface area contributed by atoms with E-state index in [0.717, 1.165) is 12.0 Å². The van der Waals surface area contributed by atoms with Crippen molar-refractivity contribution in [2.24, 2.45) is 0 Å². The van der Waals surface area contributed by atoms with Crippen LogP contribution in [-0.2, 0) is 21.2 Å². The fourth-order valence-electron chi connectivity index (χ4n) is 2.06. The summed E-state index contributed by atoms with van der Waals surface area (Å²) in [4.78, 5) is 12.1. The van der Waals surface area contributed by atoms with Gasteiger partial charge in [0.25, 0.3) is 0 Å². The molecule has 24 heavy (non-hydrogen) atoms. The topological polar surface area (TPSA) is 75.3 Å². The molecule has 0 bridgehead atoms. The van der Waals surface area contributed by atoms with Crippen LogP contribution in [0.2, 0.25) is 0 Å². The Kier molecular flexibility index (Phi) is 5.69. The summed E-state index contributed by atoms with van der Waals surface area (Å²) in [5, 5.41) is 2.36. The molecule has 1 amide bonds. The molecule has 0 heterocycles. The molecular weight excluding hydrogens is 331 g/mol. The average molecular weight is 350 g/mol. The molecule has 0 saturated carbocycles. The smallest absolute Gasteiger partial charge is 0.242 e. The third kappa shape index (κ3) is 4.39. The van der Waals surface area contributed by atoms with E-state index in [4.69, 9.17) is 0 Å². The number of carbonyl (C=O) groups excluding carboxylic acids is 1. The van der Waals surface area contributed by atoms with Crippen LogP contribution in [0.4, 0.5) is 10.1 Å². The number of rotatable bonds is 6. The average Bonchev–Trinajstić information content (AvgIpc) is 2.56. The monoisotopic (exact) mass is 350 g/mol. The summed E-state index contributed by atoms with van der Waals surface area (Å²) >= 11 is 0. The Morgan fingerprint density at radius 1 is 1.12 bits per heavy atom. The fraction of sp³-hybridized carbons (Fsp3) is 0.235. The number of benzene rings is 2. The van der Waals surface area contributed by atoms with Crippen LogP contribution < -0.4 is 10.0 Å². The Bertz CT molecular complexity index is 820. The number of carbonyl (C=O) groups is 1. The van der Waals surface area contributed by atoms with Crippen LogP contribution in [0.5, 0.6) is 0 Å². The van der Waals surface area contributed by atoms with E-state index in [1.165, 1.54) is 37.3 Å². The predicted octanol–water partition coefficient (Wildman–Crippen LogP) is 2.69. The Morgan fingerprint density at radius 2 is 1.75 bits per heavy atom.